The van der Waals surface area contributed by atoms with Gasteiger partial charge in [0.25, 0.3) is 10.1 Å². The molecule has 166 valence electrons. The number of amides is 1. The Morgan fingerprint density at radius 3 is 2.04 bits per heavy atom. The Bertz CT molecular complexity index is 519. The standard InChI is InChI=1S/C21H41NO5S/c1-3-5-7-9-11-13-15-17-21(24)22-19(18-28(25,26)27)20(23)16-14-12-10-8-6-4-2/h14,16,19-20,23H,3-13,15,17-18H2,1-2H3,(H,22,24)(H,25,26,27)/b16-14+. The van der Waals surface area contributed by atoms with E-state index in [1.807, 2.05) is 0 Å². The highest BCUT2D eigenvalue weighted by Gasteiger charge is 2.24. The second-order valence-electron chi connectivity index (χ2n) is 7.56. The molecular weight excluding hydrogens is 378 g/mol. The molecule has 0 fully saturated rings. The van der Waals surface area contributed by atoms with Crippen molar-refractivity contribution in [2.24, 2.45) is 0 Å². The molecule has 0 aromatic carbocycles. The molecule has 0 heterocycles. The lowest BCUT2D eigenvalue weighted by molar-refractivity contribution is -0.122. The molecule has 6 nitrogen and oxygen atoms in total. The van der Waals surface area contributed by atoms with Gasteiger partial charge >= 0.3 is 0 Å². The molecule has 0 saturated carbocycles. The Morgan fingerprint density at radius 2 is 1.46 bits per heavy atom. The highest BCUT2D eigenvalue weighted by molar-refractivity contribution is 7.85. The number of unbranched alkanes of at least 4 members (excludes halogenated alkanes) is 10. The topological polar surface area (TPSA) is 104 Å². The molecule has 0 aliphatic heterocycles. The molecule has 0 saturated heterocycles. The van der Waals surface area contributed by atoms with Crippen molar-refractivity contribution in [3.8, 4) is 0 Å². The fraction of sp³-hybridized carbons (Fsp3) is 0.857. The van der Waals surface area contributed by atoms with Crippen LogP contribution in [-0.4, -0.2) is 41.9 Å². The van der Waals surface area contributed by atoms with E-state index in [1.54, 1.807) is 6.08 Å². The molecule has 1 amide bonds. The van der Waals surface area contributed by atoms with Crippen LogP contribution in [0.4, 0.5) is 0 Å². The Balaban J connectivity index is 4.35. The van der Waals surface area contributed by atoms with Gasteiger partial charge in [0, 0.05) is 6.42 Å². The average Bonchev–Trinajstić information content (AvgIpc) is 2.62. The SMILES string of the molecule is CCCCCC/C=C/C(O)C(CS(=O)(=O)O)NC(=O)CCCCCCCCC. The second kappa shape index (κ2) is 17.0. The van der Waals surface area contributed by atoms with Crippen LogP contribution in [0.25, 0.3) is 0 Å². The maximum atomic E-state index is 12.1. The van der Waals surface area contributed by atoms with Gasteiger partial charge in [-0.3, -0.25) is 9.35 Å². The van der Waals surface area contributed by atoms with Gasteiger partial charge in [0.1, 0.15) is 0 Å². The largest absolute Gasteiger partial charge is 0.387 e. The Labute approximate surface area is 171 Å². The van der Waals surface area contributed by atoms with Crippen LogP contribution in [0, 0.1) is 0 Å². The third-order valence-electron chi connectivity index (χ3n) is 4.71. The van der Waals surface area contributed by atoms with Crippen molar-refractivity contribution >= 4 is 16.0 Å². The van der Waals surface area contributed by atoms with Gasteiger partial charge in [-0.2, -0.15) is 8.42 Å². The summed E-state index contributed by atoms with van der Waals surface area (Å²) in [6.07, 6.45) is 15.3. The predicted octanol–water partition coefficient (Wildman–Crippen LogP) is 4.39. The van der Waals surface area contributed by atoms with E-state index < -0.39 is 28.0 Å². The van der Waals surface area contributed by atoms with E-state index in [4.69, 9.17) is 4.55 Å². The lowest BCUT2D eigenvalue weighted by atomic mass is 10.1. The van der Waals surface area contributed by atoms with E-state index in [0.717, 1.165) is 51.4 Å². The molecule has 0 aliphatic carbocycles. The highest BCUT2D eigenvalue weighted by Crippen LogP contribution is 2.09. The Kier molecular flexibility index (Phi) is 16.4. The van der Waals surface area contributed by atoms with Crippen molar-refractivity contribution in [3.05, 3.63) is 12.2 Å². The van der Waals surface area contributed by atoms with Gasteiger partial charge in [-0.1, -0.05) is 83.8 Å². The number of aliphatic hydroxyl groups is 1. The van der Waals surface area contributed by atoms with Gasteiger partial charge in [-0.05, 0) is 19.3 Å². The van der Waals surface area contributed by atoms with Crippen molar-refractivity contribution in [3.63, 3.8) is 0 Å². The molecule has 0 aromatic rings. The summed E-state index contributed by atoms with van der Waals surface area (Å²) in [6, 6.07) is -1.04. The zero-order valence-corrected chi connectivity index (χ0v) is 18.6. The minimum Gasteiger partial charge on any atom is -0.387 e. The van der Waals surface area contributed by atoms with Crippen molar-refractivity contribution < 1.29 is 22.9 Å². The summed E-state index contributed by atoms with van der Waals surface area (Å²) >= 11 is 0. The molecule has 0 rings (SSSR count). The third-order valence-corrected chi connectivity index (χ3v) is 5.49. The van der Waals surface area contributed by atoms with E-state index in [9.17, 15) is 18.3 Å². The third kappa shape index (κ3) is 17.2. The van der Waals surface area contributed by atoms with E-state index in [1.165, 1.54) is 31.8 Å². The summed E-state index contributed by atoms with van der Waals surface area (Å²) in [5.41, 5.74) is 0. The molecule has 0 aliphatic rings. The Morgan fingerprint density at radius 1 is 0.929 bits per heavy atom. The molecule has 7 heteroatoms. The van der Waals surface area contributed by atoms with Crippen LogP contribution >= 0.6 is 0 Å². The molecular formula is C21H41NO5S. The lowest BCUT2D eigenvalue weighted by Crippen LogP contribution is -2.46. The lowest BCUT2D eigenvalue weighted by Gasteiger charge is -2.21. The molecule has 0 spiro atoms. The van der Waals surface area contributed by atoms with Gasteiger partial charge in [0.05, 0.1) is 17.9 Å². The maximum Gasteiger partial charge on any atom is 0.267 e. The Hall–Kier alpha value is -0.920. The number of carbonyl (C=O) groups is 1. The van der Waals surface area contributed by atoms with Crippen LogP contribution in [0.5, 0.6) is 0 Å². The normalized spacial score (nSPS) is 14.3. The summed E-state index contributed by atoms with van der Waals surface area (Å²) in [7, 11) is -4.30. The molecule has 28 heavy (non-hydrogen) atoms. The number of carbonyl (C=O) groups excluding carboxylic acids is 1. The molecule has 0 aromatic heterocycles. The maximum absolute atomic E-state index is 12.1. The number of hydrogen-bond donors (Lipinski definition) is 3. The summed E-state index contributed by atoms with van der Waals surface area (Å²) < 4.78 is 31.6. The minimum absolute atomic E-state index is 0.294. The first-order valence-electron chi connectivity index (χ1n) is 10.9. The smallest absolute Gasteiger partial charge is 0.267 e. The van der Waals surface area contributed by atoms with Gasteiger partial charge in [-0.15, -0.1) is 0 Å². The zero-order chi connectivity index (χ0) is 21.3. The molecule has 0 radical (unpaired) electrons. The summed E-state index contributed by atoms with van der Waals surface area (Å²) in [5.74, 6) is -0.991. The van der Waals surface area contributed by atoms with Crippen molar-refractivity contribution in [2.75, 3.05) is 5.75 Å². The minimum atomic E-state index is -4.30. The molecule has 0 bridgehead atoms. The zero-order valence-electron chi connectivity index (χ0n) is 17.7. The van der Waals surface area contributed by atoms with Gasteiger partial charge in [0.2, 0.25) is 5.91 Å². The van der Waals surface area contributed by atoms with Crippen LogP contribution in [0.3, 0.4) is 0 Å². The quantitative estimate of drug-likeness (QED) is 0.174. The fourth-order valence-corrected chi connectivity index (χ4v) is 3.77. The number of hydrogen-bond acceptors (Lipinski definition) is 4. The van der Waals surface area contributed by atoms with E-state index in [-0.39, 0.29) is 5.91 Å². The van der Waals surface area contributed by atoms with Crippen LogP contribution in [-0.2, 0) is 14.9 Å². The molecule has 2 atom stereocenters. The summed E-state index contributed by atoms with van der Waals surface area (Å²) in [5, 5.41) is 12.8. The van der Waals surface area contributed by atoms with Gasteiger partial charge in [-0.25, -0.2) is 0 Å². The number of nitrogens with one attached hydrogen (secondary N) is 1. The van der Waals surface area contributed by atoms with E-state index >= 15 is 0 Å². The summed E-state index contributed by atoms with van der Waals surface area (Å²) in [4.78, 5) is 12.1. The van der Waals surface area contributed by atoms with Crippen molar-refractivity contribution in [1.82, 2.24) is 5.32 Å². The van der Waals surface area contributed by atoms with E-state index in [0.29, 0.717) is 6.42 Å². The second-order valence-corrected chi connectivity index (χ2v) is 9.06. The van der Waals surface area contributed by atoms with E-state index in [2.05, 4.69) is 19.2 Å². The van der Waals surface area contributed by atoms with Crippen molar-refractivity contribution in [2.45, 2.75) is 109 Å². The van der Waals surface area contributed by atoms with Gasteiger partial charge < -0.3 is 10.4 Å². The first kappa shape index (κ1) is 27.1. The van der Waals surface area contributed by atoms with Crippen molar-refractivity contribution in [1.29, 1.82) is 0 Å². The monoisotopic (exact) mass is 419 g/mol. The summed E-state index contributed by atoms with van der Waals surface area (Å²) in [6.45, 7) is 4.30. The van der Waals surface area contributed by atoms with Gasteiger partial charge in [0.15, 0.2) is 0 Å². The van der Waals surface area contributed by atoms with Crippen LogP contribution in [0.1, 0.15) is 97.3 Å². The first-order valence-corrected chi connectivity index (χ1v) is 12.5. The average molecular weight is 420 g/mol. The van der Waals surface area contributed by atoms with Crippen LogP contribution < -0.4 is 5.32 Å². The van der Waals surface area contributed by atoms with Crippen LogP contribution in [0.2, 0.25) is 0 Å². The first-order chi connectivity index (χ1) is 13.3. The number of aliphatic hydroxyl groups excluding tert-OH is 1. The predicted molar refractivity (Wildman–Crippen MR) is 115 cm³/mol. The number of allylic oxidation sites excluding steroid dienone is 1. The molecule has 2 unspecified atom stereocenters. The fourth-order valence-electron chi connectivity index (χ4n) is 3.03. The highest BCUT2D eigenvalue weighted by atomic mass is 32.2. The van der Waals surface area contributed by atoms with Crippen LogP contribution in [0.15, 0.2) is 12.2 Å². The number of rotatable bonds is 18. The molecule has 3 N–H and O–H groups in total.